The van der Waals surface area contributed by atoms with Gasteiger partial charge in [0.2, 0.25) is 0 Å². The Morgan fingerprint density at radius 1 is 1.33 bits per heavy atom. The highest BCUT2D eigenvalue weighted by Gasteiger charge is 2.38. The second-order valence-electron chi connectivity index (χ2n) is 2.86. The molecular weight excluding hydrogens is 272 g/mol. The summed E-state index contributed by atoms with van der Waals surface area (Å²) in [4.78, 5) is 8.90. The van der Waals surface area contributed by atoms with Gasteiger partial charge in [0, 0.05) is 6.20 Å². The molecule has 1 heterocycles. The van der Waals surface area contributed by atoms with Crippen LogP contribution in [0.3, 0.4) is 0 Å². The maximum atomic E-state index is 11.6. The monoisotopic (exact) mass is 279 g/mol. The molecule has 1 aromatic heterocycles. The zero-order valence-electron chi connectivity index (χ0n) is 8.46. The number of nitrogens with two attached hydrogens (primary N) is 1. The molecule has 0 aromatic carbocycles. The van der Waals surface area contributed by atoms with Gasteiger partial charge in [0.15, 0.2) is 0 Å². The number of hydrogen-bond acceptors (Lipinski definition) is 3. The van der Waals surface area contributed by atoms with Gasteiger partial charge < -0.3 is 10.8 Å². The number of rotatable bonds is 1. The molecule has 0 bridgehead atoms. The average Bonchev–Trinajstić information content (AvgIpc) is 2.47. The van der Waals surface area contributed by atoms with E-state index in [0.717, 1.165) is 4.68 Å². The summed E-state index contributed by atoms with van der Waals surface area (Å²) >= 11 is 0. The third kappa shape index (κ3) is 7.35. The van der Waals surface area contributed by atoms with Gasteiger partial charge in [-0.25, -0.2) is 4.79 Å². The molecule has 1 aromatic rings. The Kier molecular flexibility index (Phi) is 5.00. The van der Waals surface area contributed by atoms with Crippen molar-refractivity contribution in [3.05, 3.63) is 12.3 Å². The lowest BCUT2D eigenvalue weighted by molar-refractivity contribution is -0.192. The molecule has 0 saturated heterocycles. The molecule has 5 nitrogen and oxygen atoms in total. The van der Waals surface area contributed by atoms with Crippen LogP contribution in [-0.2, 0) is 11.3 Å². The number of carboxylic acid groups (broad SMARTS) is 1. The van der Waals surface area contributed by atoms with Crippen LogP contribution in [0, 0.1) is 0 Å². The molecule has 1 rings (SSSR count). The van der Waals surface area contributed by atoms with E-state index in [0.29, 0.717) is 0 Å². The average molecular weight is 279 g/mol. The number of anilines is 1. The van der Waals surface area contributed by atoms with E-state index in [1.54, 1.807) is 0 Å². The second-order valence-corrected chi connectivity index (χ2v) is 2.86. The number of nitrogens with zero attached hydrogens (tertiary/aromatic N) is 2. The first-order chi connectivity index (χ1) is 7.92. The number of aromatic nitrogens is 2. The minimum atomic E-state index is -5.08. The van der Waals surface area contributed by atoms with E-state index in [2.05, 4.69) is 5.10 Å². The largest absolute Gasteiger partial charge is 0.490 e. The summed E-state index contributed by atoms with van der Waals surface area (Å²) in [6.07, 6.45) is -8.14. The minimum absolute atomic E-state index is 0.0919. The molecule has 0 spiro atoms. The van der Waals surface area contributed by atoms with Crippen molar-refractivity contribution in [1.82, 2.24) is 9.78 Å². The number of carboxylic acids is 1. The molecule has 0 aliphatic rings. The number of carbonyl (C=O) groups is 1. The number of nitrogen functional groups attached to an aromatic ring is 1. The molecule has 11 heteroatoms. The van der Waals surface area contributed by atoms with Crippen LogP contribution in [0.2, 0.25) is 0 Å². The molecule has 0 fully saturated rings. The lowest BCUT2D eigenvalue weighted by Crippen LogP contribution is -2.21. The normalized spacial score (nSPS) is 11.7. The summed E-state index contributed by atoms with van der Waals surface area (Å²) in [6.45, 7) is -1.09. The molecule has 0 amide bonds. The predicted molar refractivity (Wildman–Crippen MR) is 46.4 cm³/mol. The van der Waals surface area contributed by atoms with Crippen molar-refractivity contribution in [1.29, 1.82) is 0 Å². The number of aliphatic carboxylic acids is 1. The molecule has 0 aliphatic carbocycles. The van der Waals surface area contributed by atoms with Gasteiger partial charge in [0.05, 0.1) is 0 Å². The minimum Gasteiger partial charge on any atom is -0.475 e. The Morgan fingerprint density at radius 3 is 2.00 bits per heavy atom. The molecule has 0 radical (unpaired) electrons. The first-order valence-electron chi connectivity index (χ1n) is 4.07. The summed E-state index contributed by atoms with van der Waals surface area (Å²) in [6, 6.07) is 1.31. The number of hydrogen-bond donors (Lipinski definition) is 2. The summed E-state index contributed by atoms with van der Waals surface area (Å²) in [5, 5.41) is 10.5. The van der Waals surface area contributed by atoms with E-state index in [9.17, 15) is 26.3 Å². The van der Waals surface area contributed by atoms with E-state index >= 15 is 0 Å². The van der Waals surface area contributed by atoms with Crippen LogP contribution in [0.5, 0.6) is 0 Å². The topological polar surface area (TPSA) is 81.1 Å². The summed E-state index contributed by atoms with van der Waals surface area (Å²) in [7, 11) is 0. The SMILES string of the molecule is Nc1ccn(CC(F)(F)F)n1.O=C(O)C(F)(F)F. The number of halogens is 6. The van der Waals surface area contributed by atoms with E-state index in [1.165, 1.54) is 12.3 Å². The third-order valence-electron chi connectivity index (χ3n) is 1.25. The van der Waals surface area contributed by atoms with Gasteiger partial charge in [-0.1, -0.05) is 0 Å². The summed E-state index contributed by atoms with van der Waals surface area (Å²) in [5.41, 5.74) is 5.10. The fraction of sp³-hybridized carbons (Fsp3) is 0.429. The Labute approximate surface area is 95.8 Å². The standard InChI is InChI=1S/C5H6F3N3.C2HF3O2/c6-5(7,8)3-11-2-1-4(9)10-11;3-2(4,5)1(6)7/h1-2H,3H2,(H2,9,10);(H,6,7). The van der Waals surface area contributed by atoms with Crippen molar-refractivity contribution in [2.45, 2.75) is 18.9 Å². The van der Waals surface area contributed by atoms with E-state index in [4.69, 9.17) is 15.6 Å². The van der Waals surface area contributed by atoms with Crippen LogP contribution in [0.4, 0.5) is 32.2 Å². The van der Waals surface area contributed by atoms with E-state index < -0.39 is 24.9 Å². The molecule has 0 unspecified atom stereocenters. The van der Waals surface area contributed by atoms with Crippen molar-refractivity contribution < 1.29 is 36.2 Å². The zero-order valence-corrected chi connectivity index (χ0v) is 8.46. The number of alkyl halides is 6. The lowest BCUT2D eigenvalue weighted by atomic mass is 10.6. The zero-order chi connectivity index (χ0) is 14.6. The van der Waals surface area contributed by atoms with Crippen LogP contribution in [0.1, 0.15) is 0 Å². The van der Waals surface area contributed by atoms with E-state index in [-0.39, 0.29) is 5.82 Å². The molecule has 3 N–H and O–H groups in total. The Morgan fingerprint density at radius 2 is 1.78 bits per heavy atom. The van der Waals surface area contributed by atoms with Crippen LogP contribution >= 0.6 is 0 Å². The predicted octanol–water partition coefficient (Wildman–Crippen LogP) is 1.66. The fourth-order valence-electron chi connectivity index (χ4n) is 0.649. The van der Waals surface area contributed by atoms with Crippen LogP contribution in [0.15, 0.2) is 12.3 Å². The van der Waals surface area contributed by atoms with Crippen molar-refractivity contribution in [3.63, 3.8) is 0 Å². The highest BCUT2D eigenvalue weighted by Crippen LogP contribution is 2.17. The van der Waals surface area contributed by atoms with Gasteiger partial charge in [-0.15, -0.1) is 0 Å². The maximum Gasteiger partial charge on any atom is 0.490 e. The quantitative estimate of drug-likeness (QED) is 0.766. The van der Waals surface area contributed by atoms with Gasteiger partial charge in [-0.3, -0.25) is 4.68 Å². The Hall–Kier alpha value is -1.94. The smallest absolute Gasteiger partial charge is 0.475 e. The molecule has 104 valence electrons. The summed E-state index contributed by atoms with van der Waals surface area (Å²) in [5.74, 6) is -2.67. The van der Waals surface area contributed by atoms with Gasteiger partial charge in [0.1, 0.15) is 12.4 Å². The molecule has 18 heavy (non-hydrogen) atoms. The van der Waals surface area contributed by atoms with Gasteiger partial charge in [0.25, 0.3) is 0 Å². The summed E-state index contributed by atoms with van der Waals surface area (Å²) < 4.78 is 67.4. The highest BCUT2D eigenvalue weighted by atomic mass is 19.4. The van der Waals surface area contributed by atoms with Crippen LogP contribution < -0.4 is 5.73 Å². The first-order valence-corrected chi connectivity index (χ1v) is 4.07. The lowest BCUT2D eigenvalue weighted by Gasteiger charge is -2.04. The molecule has 0 atom stereocenters. The van der Waals surface area contributed by atoms with Crippen LogP contribution in [0.25, 0.3) is 0 Å². The Bertz CT molecular complexity index is 397. The van der Waals surface area contributed by atoms with Crippen molar-refractivity contribution in [2.24, 2.45) is 0 Å². The molecule has 0 saturated carbocycles. The van der Waals surface area contributed by atoms with Crippen molar-refractivity contribution >= 4 is 11.8 Å². The van der Waals surface area contributed by atoms with Crippen LogP contribution in [-0.4, -0.2) is 33.2 Å². The van der Waals surface area contributed by atoms with Crippen molar-refractivity contribution in [2.75, 3.05) is 5.73 Å². The molecular formula is C7H7F6N3O2. The third-order valence-corrected chi connectivity index (χ3v) is 1.25. The van der Waals surface area contributed by atoms with Gasteiger partial charge >= 0.3 is 18.3 Å². The maximum absolute atomic E-state index is 11.6. The van der Waals surface area contributed by atoms with Crippen molar-refractivity contribution in [3.8, 4) is 0 Å². The van der Waals surface area contributed by atoms with Gasteiger partial charge in [-0.05, 0) is 6.07 Å². The first kappa shape index (κ1) is 16.1. The van der Waals surface area contributed by atoms with E-state index in [1.807, 2.05) is 0 Å². The molecule has 0 aliphatic heterocycles. The highest BCUT2D eigenvalue weighted by molar-refractivity contribution is 5.73. The Balaban J connectivity index is 0.000000360. The fourth-order valence-corrected chi connectivity index (χ4v) is 0.649. The van der Waals surface area contributed by atoms with Gasteiger partial charge in [-0.2, -0.15) is 31.4 Å². The second kappa shape index (κ2) is 5.60.